The molecule has 0 heterocycles. The van der Waals surface area contributed by atoms with Crippen molar-refractivity contribution in [3.63, 3.8) is 0 Å². The van der Waals surface area contributed by atoms with Crippen LogP contribution in [0.25, 0.3) is 0 Å². The number of nitrogens with one attached hydrogen (secondary N) is 1. The maximum absolute atomic E-state index is 12.7. The van der Waals surface area contributed by atoms with Crippen LogP contribution >= 0.6 is 0 Å². The van der Waals surface area contributed by atoms with Crippen LogP contribution in [0.3, 0.4) is 0 Å². The molecule has 1 aromatic rings. The largest absolute Gasteiger partial charge is 0.445 e. The molecule has 5 heteroatoms. The summed E-state index contributed by atoms with van der Waals surface area (Å²) in [4.78, 5) is 14.7. The smallest absolute Gasteiger partial charge is 0.410 e. The topological polar surface area (TPSA) is 61.8 Å². The van der Waals surface area contributed by atoms with Gasteiger partial charge in [0.1, 0.15) is 6.61 Å². The number of carbonyl (C=O) groups excluding carboxylic acids is 1. The molecule has 2 saturated carbocycles. The summed E-state index contributed by atoms with van der Waals surface area (Å²) >= 11 is 0. The molecule has 0 bridgehead atoms. The Morgan fingerprint density at radius 1 is 1.17 bits per heavy atom. The van der Waals surface area contributed by atoms with E-state index in [1.807, 2.05) is 35.2 Å². The number of hydrogen-bond acceptors (Lipinski definition) is 4. The number of carbonyl (C=O) groups is 1. The number of aliphatic hydroxyl groups is 1. The van der Waals surface area contributed by atoms with E-state index in [1.54, 1.807) is 0 Å². The first kappa shape index (κ1) is 17.2. The molecule has 3 rings (SSSR count). The van der Waals surface area contributed by atoms with Gasteiger partial charge < -0.3 is 20.1 Å². The molecule has 0 spiro atoms. The van der Waals surface area contributed by atoms with E-state index in [9.17, 15) is 4.79 Å². The van der Waals surface area contributed by atoms with Gasteiger partial charge >= 0.3 is 6.09 Å². The van der Waals surface area contributed by atoms with Crippen molar-refractivity contribution in [2.75, 3.05) is 13.2 Å². The minimum atomic E-state index is -0.191. The van der Waals surface area contributed by atoms with Gasteiger partial charge in [0.15, 0.2) is 0 Å². The third-order valence-electron chi connectivity index (χ3n) is 4.96. The van der Waals surface area contributed by atoms with Crippen molar-refractivity contribution in [3.05, 3.63) is 35.9 Å². The van der Waals surface area contributed by atoms with Crippen LogP contribution in [0.15, 0.2) is 30.3 Å². The molecule has 0 unspecified atom stereocenters. The second kappa shape index (κ2) is 8.49. The van der Waals surface area contributed by atoms with Crippen LogP contribution in [-0.2, 0) is 11.3 Å². The molecule has 2 atom stereocenters. The SMILES string of the molecule is O=C(OCc1ccccc1)N(C1CC1)[C@H]1CCCC[C@@H]1NCCO. The van der Waals surface area contributed by atoms with E-state index in [0.717, 1.165) is 37.7 Å². The van der Waals surface area contributed by atoms with E-state index in [4.69, 9.17) is 9.84 Å². The highest BCUT2D eigenvalue weighted by Gasteiger charge is 2.42. The first-order chi connectivity index (χ1) is 11.8. The normalized spacial score (nSPS) is 23.7. The third kappa shape index (κ3) is 4.48. The maximum atomic E-state index is 12.7. The van der Waals surface area contributed by atoms with Crippen LogP contribution in [0.4, 0.5) is 4.79 Å². The zero-order chi connectivity index (χ0) is 16.8. The highest BCUT2D eigenvalue weighted by atomic mass is 16.6. The molecular formula is C19H28N2O3. The van der Waals surface area contributed by atoms with Crippen LogP contribution in [-0.4, -0.2) is 47.4 Å². The van der Waals surface area contributed by atoms with E-state index >= 15 is 0 Å². The molecule has 5 nitrogen and oxygen atoms in total. The third-order valence-corrected chi connectivity index (χ3v) is 4.96. The molecule has 0 aromatic heterocycles. The van der Waals surface area contributed by atoms with Crippen LogP contribution in [0, 0.1) is 0 Å². The Kier molecular flexibility index (Phi) is 6.10. The fourth-order valence-electron chi connectivity index (χ4n) is 3.63. The summed E-state index contributed by atoms with van der Waals surface area (Å²) in [5.41, 5.74) is 1.01. The minimum Gasteiger partial charge on any atom is -0.445 e. The highest BCUT2D eigenvalue weighted by Crippen LogP contribution is 2.34. The molecule has 0 aliphatic heterocycles. The zero-order valence-electron chi connectivity index (χ0n) is 14.2. The number of ether oxygens (including phenoxy) is 1. The summed E-state index contributed by atoms with van der Waals surface area (Å²) in [6.07, 6.45) is 6.35. The molecule has 1 aromatic carbocycles. The lowest BCUT2D eigenvalue weighted by Gasteiger charge is -2.40. The van der Waals surface area contributed by atoms with Gasteiger partial charge in [0.2, 0.25) is 0 Å². The van der Waals surface area contributed by atoms with Crippen molar-refractivity contribution in [3.8, 4) is 0 Å². The van der Waals surface area contributed by atoms with Crippen molar-refractivity contribution in [1.29, 1.82) is 0 Å². The van der Waals surface area contributed by atoms with Gasteiger partial charge in [-0.25, -0.2) is 4.79 Å². The Morgan fingerprint density at radius 3 is 2.62 bits per heavy atom. The summed E-state index contributed by atoms with van der Waals surface area (Å²) in [6.45, 7) is 1.04. The van der Waals surface area contributed by atoms with E-state index in [-0.39, 0.29) is 24.8 Å². The van der Waals surface area contributed by atoms with Crippen molar-refractivity contribution >= 4 is 6.09 Å². The van der Waals surface area contributed by atoms with Gasteiger partial charge in [-0.2, -0.15) is 0 Å². The predicted molar refractivity (Wildman–Crippen MR) is 92.6 cm³/mol. The Bertz CT molecular complexity index is 519. The van der Waals surface area contributed by atoms with Gasteiger partial charge in [-0.15, -0.1) is 0 Å². The van der Waals surface area contributed by atoms with Gasteiger partial charge in [0.05, 0.1) is 12.6 Å². The summed E-state index contributed by atoms with van der Waals surface area (Å²) in [6, 6.07) is 10.6. The van der Waals surface area contributed by atoms with Crippen molar-refractivity contribution in [1.82, 2.24) is 10.2 Å². The average molecular weight is 332 g/mol. The summed E-state index contributed by atoms with van der Waals surface area (Å²) in [5.74, 6) is 0. The lowest BCUT2D eigenvalue weighted by Crippen LogP contribution is -2.55. The summed E-state index contributed by atoms with van der Waals surface area (Å²) in [7, 11) is 0. The van der Waals surface area contributed by atoms with E-state index < -0.39 is 0 Å². The van der Waals surface area contributed by atoms with Crippen LogP contribution < -0.4 is 5.32 Å². The number of amides is 1. The molecule has 24 heavy (non-hydrogen) atoms. The molecule has 132 valence electrons. The molecular weight excluding hydrogens is 304 g/mol. The second-order valence-electron chi connectivity index (χ2n) is 6.81. The highest BCUT2D eigenvalue weighted by molar-refractivity contribution is 5.69. The van der Waals surface area contributed by atoms with Crippen LogP contribution in [0.5, 0.6) is 0 Å². The molecule has 2 aliphatic rings. The number of nitrogens with zero attached hydrogens (tertiary/aromatic N) is 1. The Balaban J connectivity index is 1.63. The standard InChI is InChI=1S/C19H28N2O3/c22-13-12-20-17-8-4-5-9-18(17)21(16-10-11-16)19(23)24-14-15-6-2-1-3-7-15/h1-3,6-7,16-18,20,22H,4-5,8-14H2/t17-,18-/m0/s1. The van der Waals surface area contributed by atoms with Gasteiger partial charge in [-0.3, -0.25) is 0 Å². The van der Waals surface area contributed by atoms with Gasteiger partial charge in [0.25, 0.3) is 0 Å². The predicted octanol–water partition coefficient (Wildman–Crippen LogP) is 2.68. The number of benzene rings is 1. The Labute approximate surface area is 144 Å². The van der Waals surface area contributed by atoms with Crippen molar-refractivity contribution in [2.45, 2.75) is 63.3 Å². The molecule has 2 fully saturated rings. The van der Waals surface area contributed by atoms with Gasteiger partial charge in [0, 0.05) is 18.6 Å². The Morgan fingerprint density at radius 2 is 1.92 bits per heavy atom. The fourth-order valence-corrected chi connectivity index (χ4v) is 3.63. The maximum Gasteiger partial charge on any atom is 0.410 e. The molecule has 0 radical (unpaired) electrons. The molecule has 2 N–H and O–H groups in total. The van der Waals surface area contributed by atoms with Gasteiger partial charge in [-0.1, -0.05) is 43.2 Å². The molecule has 0 saturated heterocycles. The van der Waals surface area contributed by atoms with E-state index in [2.05, 4.69) is 5.32 Å². The van der Waals surface area contributed by atoms with Crippen LogP contribution in [0.2, 0.25) is 0 Å². The fraction of sp³-hybridized carbons (Fsp3) is 0.632. The lowest BCUT2D eigenvalue weighted by atomic mass is 9.89. The number of rotatable bonds is 7. The van der Waals surface area contributed by atoms with Crippen molar-refractivity contribution < 1.29 is 14.6 Å². The van der Waals surface area contributed by atoms with Crippen LogP contribution in [0.1, 0.15) is 44.1 Å². The number of aliphatic hydroxyl groups excluding tert-OH is 1. The first-order valence-electron chi connectivity index (χ1n) is 9.13. The van der Waals surface area contributed by atoms with E-state index in [0.29, 0.717) is 19.2 Å². The molecule has 1 amide bonds. The van der Waals surface area contributed by atoms with Crippen molar-refractivity contribution in [2.24, 2.45) is 0 Å². The first-order valence-corrected chi connectivity index (χ1v) is 9.13. The minimum absolute atomic E-state index is 0.130. The summed E-state index contributed by atoms with van der Waals surface area (Å²) < 4.78 is 5.61. The lowest BCUT2D eigenvalue weighted by molar-refractivity contribution is 0.0574. The quantitative estimate of drug-likeness (QED) is 0.806. The Hall–Kier alpha value is -1.59. The molecule has 2 aliphatic carbocycles. The number of hydrogen-bond donors (Lipinski definition) is 2. The summed E-state index contributed by atoms with van der Waals surface area (Å²) in [5, 5.41) is 12.5. The second-order valence-corrected chi connectivity index (χ2v) is 6.81. The average Bonchev–Trinajstić information content (AvgIpc) is 3.45. The van der Waals surface area contributed by atoms with E-state index in [1.165, 1.54) is 6.42 Å². The zero-order valence-corrected chi connectivity index (χ0v) is 14.2. The van der Waals surface area contributed by atoms with Gasteiger partial charge in [-0.05, 0) is 31.2 Å². The monoisotopic (exact) mass is 332 g/mol.